The molecule has 0 spiro atoms. The van der Waals surface area contributed by atoms with Crippen LogP contribution >= 0.6 is 11.6 Å². The molecule has 0 unspecified atom stereocenters. The molecule has 4 rings (SSSR count). The Hall–Kier alpha value is -2.93. The van der Waals surface area contributed by atoms with Crippen LogP contribution in [0.4, 0.5) is 6.01 Å². The third-order valence-electron chi connectivity index (χ3n) is 3.24. The zero-order valence-electron chi connectivity index (χ0n) is 11.8. The van der Waals surface area contributed by atoms with E-state index in [1.807, 2.05) is 35.0 Å². The Morgan fingerprint density at radius 2 is 1.96 bits per heavy atom. The molecule has 7 nitrogen and oxygen atoms in total. The number of imidazole rings is 1. The Morgan fingerprint density at radius 3 is 2.83 bits per heavy atom. The van der Waals surface area contributed by atoms with E-state index in [-0.39, 0.29) is 0 Å². The predicted octanol–water partition coefficient (Wildman–Crippen LogP) is 3.04. The molecule has 1 N–H and O–H groups in total. The molecule has 0 amide bonds. The fourth-order valence-electron chi connectivity index (χ4n) is 2.17. The van der Waals surface area contributed by atoms with E-state index in [0.29, 0.717) is 23.5 Å². The highest BCUT2D eigenvalue weighted by molar-refractivity contribution is 6.30. The third-order valence-corrected chi connectivity index (χ3v) is 3.46. The summed E-state index contributed by atoms with van der Waals surface area (Å²) in [5, 5.41) is 11.7. The summed E-state index contributed by atoms with van der Waals surface area (Å²) < 4.78 is 7.44. The average molecular weight is 327 g/mol. The molecule has 4 aromatic rings. The quantitative estimate of drug-likeness (QED) is 0.620. The average Bonchev–Trinajstić information content (AvgIpc) is 3.20. The predicted molar refractivity (Wildman–Crippen MR) is 85.1 cm³/mol. The Bertz CT molecular complexity index is 949. The van der Waals surface area contributed by atoms with Gasteiger partial charge >= 0.3 is 6.01 Å². The SMILES string of the molecule is Clc1ccc2nc(CNc3nnc(-c4ccncc4)o3)cn2c1. The molecule has 0 aromatic carbocycles. The van der Waals surface area contributed by atoms with Crippen molar-refractivity contribution in [1.29, 1.82) is 0 Å². The van der Waals surface area contributed by atoms with Crippen LogP contribution in [0.25, 0.3) is 17.1 Å². The molecule has 0 fully saturated rings. The molecule has 0 aliphatic rings. The Balaban J connectivity index is 1.49. The Labute approximate surface area is 136 Å². The first-order valence-corrected chi connectivity index (χ1v) is 7.27. The van der Waals surface area contributed by atoms with Crippen LogP contribution in [0.15, 0.2) is 53.5 Å². The van der Waals surface area contributed by atoms with Gasteiger partial charge in [-0.3, -0.25) is 4.98 Å². The van der Waals surface area contributed by atoms with Gasteiger partial charge < -0.3 is 14.1 Å². The number of nitrogens with zero attached hydrogens (tertiary/aromatic N) is 5. The Kier molecular flexibility index (Phi) is 3.39. The number of nitrogens with one attached hydrogen (secondary N) is 1. The molecule has 0 atom stereocenters. The second-order valence-electron chi connectivity index (χ2n) is 4.85. The summed E-state index contributed by atoms with van der Waals surface area (Å²) in [5.74, 6) is 0.441. The molecule has 0 aliphatic carbocycles. The van der Waals surface area contributed by atoms with E-state index < -0.39 is 0 Å². The van der Waals surface area contributed by atoms with Crippen LogP contribution in [0, 0.1) is 0 Å². The smallest absolute Gasteiger partial charge is 0.316 e. The maximum Gasteiger partial charge on any atom is 0.316 e. The number of anilines is 1. The lowest BCUT2D eigenvalue weighted by molar-refractivity contribution is 0.580. The number of hydrogen-bond donors (Lipinski definition) is 1. The Morgan fingerprint density at radius 1 is 1.09 bits per heavy atom. The van der Waals surface area contributed by atoms with E-state index >= 15 is 0 Å². The topological polar surface area (TPSA) is 81.1 Å². The fourth-order valence-corrected chi connectivity index (χ4v) is 2.34. The lowest BCUT2D eigenvalue weighted by Crippen LogP contribution is -1.99. The van der Waals surface area contributed by atoms with Crippen LogP contribution in [-0.4, -0.2) is 24.6 Å². The zero-order chi connectivity index (χ0) is 15.6. The normalized spacial score (nSPS) is 11.0. The maximum absolute atomic E-state index is 5.96. The van der Waals surface area contributed by atoms with Gasteiger partial charge in [-0.1, -0.05) is 16.7 Å². The van der Waals surface area contributed by atoms with Crippen LogP contribution in [0.5, 0.6) is 0 Å². The van der Waals surface area contributed by atoms with Gasteiger partial charge in [-0.15, -0.1) is 5.10 Å². The number of pyridine rings is 2. The van der Waals surface area contributed by atoms with Gasteiger partial charge in [-0.2, -0.15) is 0 Å². The van der Waals surface area contributed by atoms with Gasteiger partial charge in [-0.25, -0.2) is 4.98 Å². The van der Waals surface area contributed by atoms with E-state index in [9.17, 15) is 0 Å². The molecule has 0 aliphatic heterocycles. The van der Waals surface area contributed by atoms with Crippen molar-refractivity contribution in [3.63, 3.8) is 0 Å². The first-order chi connectivity index (χ1) is 11.3. The highest BCUT2D eigenvalue weighted by Crippen LogP contribution is 2.19. The van der Waals surface area contributed by atoms with Crippen LogP contribution < -0.4 is 5.32 Å². The van der Waals surface area contributed by atoms with Crippen molar-refractivity contribution in [3.05, 3.63) is 59.8 Å². The van der Waals surface area contributed by atoms with Gasteiger partial charge in [0.2, 0.25) is 5.89 Å². The minimum Gasteiger partial charge on any atom is -0.403 e. The van der Waals surface area contributed by atoms with Gasteiger partial charge in [0.1, 0.15) is 5.65 Å². The fraction of sp³-hybridized carbons (Fsp3) is 0.0667. The molecule has 4 heterocycles. The lowest BCUT2D eigenvalue weighted by atomic mass is 10.3. The standard InChI is InChI=1S/C15H11ClN6O/c16-11-1-2-13-19-12(9-22(13)8-11)7-18-15-21-20-14(23-15)10-3-5-17-6-4-10/h1-6,8-9H,7H2,(H,18,21). The van der Waals surface area contributed by atoms with Gasteiger partial charge in [0.15, 0.2) is 0 Å². The van der Waals surface area contributed by atoms with Crippen molar-refractivity contribution < 1.29 is 4.42 Å². The van der Waals surface area contributed by atoms with Crippen molar-refractivity contribution in [2.24, 2.45) is 0 Å². The van der Waals surface area contributed by atoms with Gasteiger partial charge in [0, 0.05) is 30.4 Å². The monoisotopic (exact) mass is 326 g/mol. The van der Waals surface area contributed by atoms with Crippen molar-refractivity contribution in [3.8, 4) is 11.5 Å². The van der Waals surface area contributed by atoms with Crippen molar-refractivity contribution in [1.82, 2.24) is 24.6 Å². The molecule has 23 heavy (non-hydrogen) atoms. The van der Waals surface area contributed by atoms with Crippen molar-refractivity contribution in [2.75, 3.05) is 5.32 Å². The molecule has 4 aromatic heterocycles. The van der Waals surface area contributed by atoms with E-state index in [0.717, 1.165) is 16.9 Å². The minimum atomic E-state index is 0.340. The summed E-state index contributed by atoms with van der Waals surface area (Å²) in [6.07, 6.45) is 7.05. The number of hydrogen-bond acceptors (Lipinski definition) is 6. The van der Waals surface area contributed by atoms with E-state index in [1.54, 1.807) is 18.5 Å². The highest BCUT2D eigenvalue weighted by atomic mass is 35.5. The summed E-state index contributed by atoms with van der Waals surface area (Å²) in [6.45, 7) is 0.470. The molecular weight excluding hydrogens is 316 g/mol. The molecule has 0 saturated carbocycles. The van der Waals surface area contributed by atoms with Crippen LogP contribution in [0.2, 0.25) is 5.02 Å². The second-order valence-corrected chi connectivity index (χ2v) is 5.28. The van der Waals surface area contributed by atoms with E-state index in [2.05, 4.69) is 25.5 Å². The third kappa shape index (κ3) is 2.86. The summed E-state index contributed by atoms with van der Waals surface area (Å²) in [4.78, 5) is 8.43. The summed E-state index contributed by atoms with van der Waals surface area (Å²) >= 11 is 5.96. The summed E-state index contributed by atoms with van der Waals surface area (Å²) in [6, 6.07) is 7.62. The van der Waals surface area contributed by atoms with Crippen LogP contribution in [0.1, 0.15) is 5.69 Å². The summed E-state index contributed by atoms with van der Waals surface area (Å²) in [5.41, 5.74) is 2.49. The number of fused-ring (bicyclic) bond motifs is 1. The molecular formula is C15H11ClN6O. The van der Waals surface area contributed by atoms with Gasteiger partial charge in [0.25, 0.3) is 0 Å². The van der Waals surface area contributed by atoms with E-state index in [4.69, 9.17) is 16.0 Å². The first-order valence-electron chi connectivity index (χ1n) is 6.89. The molecule has 0 saturated heterocycles. The zero-order valence-corrected chi connectivity index (χ0v) is 12.6. The largest absolute Gasteiger partial charge is 0.403 e. The van der Waals surface area contributed by atoms with Crippen LogP contribution in [-0.2, 0) is 6.54 Å². The van der Waals surface area contributed by atoms with Crippen molar-refractivity contribution in [2.45, 2.75) is 6.54 Å². The first kappa shape index (κ1) is 13.7. The highest BCUT2D eigenvalue weighted by Gasteiger charge is 2.09. The number of aromatic nitrogens is 5. The van der Waals surface area contributed by atoms with Gasteiger partial charge in [-0.05, 0) is 24.3 Å². The number of halogens is 1. The van der Waals surface area contributed by atoms with Crippen LogP contribution in [0.3, 0.4) is 0 Å². The molecule has 8 heteroatoms. The molecule has 114 valence electrons. The second kappa shape index (κ2) is 5.69. The minimum absolute atomic E-state index is 0.340. The van der Waals surface area contributed by atoms with E-state index in [1.165, 1.54) is 0 Å². The molecule has 0 bridgehead atoms. The lowest BCUT2D eigenvalue weighted by Gasteiger charge is -1.96. The maximum atomic E-state index is 5.96. The van der Waals surface area contributed by atoms with Crippen molar-refractivity contribution >= 4 is 23.3 Å². The number of rotatable bonds is 4. The summed E-state index contributed by atoms with van der Waals surface area (Å²) in [7, 11) is 0. The molecule has 0 radical (unpaired) electrons. The van der Waals surface area contributed by atoms with Gasteiger partial charge in [0.05, 0.1) is 17.3 Å².